The van der Waals surface area contributed by atoms with Crippen LogP contribution in [0.1, 0.15) is 20.3 Å². The number of anilines is 1. The molecule has 1 aromatic rings. The van der Waals surface area contributed by atoms with Gasteiger partial charge >= 0.3 is 0 Å². The largest absolute Gasteiger partial charge is 0.369 e. The van der Waals surface area contributed by atoms with Gasteiger partial charge in [0.15, 0.2) is 0 Å². The maximum absolute atomic E-state index is 12.4. The second-order valence-corrected chi connectivity index (χ2v) is 7.18. The van der Waals surface area contributed by atoms with Gasteiger partial charge in [-0.05, 0) is 38.9 Å². The fourth-order valence-corrected chi connectivity index (χ4v) is 4.01. The number of likely N-dealkylation sites (N-methyl/N-ethyl adjacent to an activating group) is 1. The first-order chi connectivity index (χ1) is 9.42. The SMILES string of the molecule is CC(C)NS(=O)(=O)c1ccccc1N(C)C1CCNC1. The Morgan fingerprint density at radius 2 is 2.05 bits per heavy atom. The fraction of sp³-hybridized carbons (Fsp3) is 0.571. The first-order valence-corrected chi connectivity index (χ1v) is 8.45. The molecule has 1 unspecified atom stereocenters. The number of nitrogens with one attached hydrogen (secondary N) is 2. The van der Waals surface area contributed by atoms with E-state index >= 15 is 0 Å². The molecule has 20 heavy (non-hydrogen) atoms. The van der Waals surface area contributed by atoms with Gasteiger partial charge in [0, 0.05) is 25.7 Å². The van der Waals surface area contributed by atoms with Gasteiger partial charge in [0.1, 0.15) is 4.90 Å². The van der Waals surface area contributed by atoms with Crippen molar-refractivity contribution in [3.63, 3.8) is 0 Å². The molecule has 1 aliphatic rings. The van der Waals surface area contributed by atoms with Crippen LogP contribution in [-0.2, 0) is 10.0 Å². The molecule has 0 bridgehead atoms. The van der Waals surface area contributed by atoms with Crippen molar-refractivity contribution in [1.82, 2.24) is 10.0 Å². The lowest BCUT2D eigenvalue weighted by Crippen LogP contribution is -2.36. The van der Waals surface area contributed by atoms with Gasteiger partial charge in [-0.15, -0.1) is 0 Å². The summed E-state index contributed by atoms with van der Waals surface area (Å²) in [5, 5.41) is 3.31. The summed E-state index contributed by atoms with van der Waals surface area (Å²) in [6.07, 6.45) is 1.03. The second-order valence-electron chi connectivity index (χ2n) is 5.50. The van der Waals surface area contributed by atoms with Gasteiger partial charge in [-0.1, -0.05) is 12.1 Å². The minimum atomic E-state index is -3.48. The molecule has 0 saturated carbocycles. The van der Waals surface area contributed by atoms with E-state index in [1.807, 2.05) is 33.0 Å². The van der Waals surface area contributed by atoms with Crippen LogP contribution in [0.5, 0.6) is 0 Å². The Hall–Kier alpha value is -1.11. The van der Waals surface area contributed by atoms with Crippen molar-refractivity contribution >= 4 is 15.7 Å². The van der Waals surface area contributed by atoms with E-state index in [4.69, 9.17) is 0 Å². The van der Waals surface area contributed by atoms with Crippen LogP contribution in [0.25, 0.3) is 0 Å². The van der Waals surface area contributed by atoms with Crippen LogP contribution < -0.4 is 14.9 Å². The van der Waals surface area contributed by atoms with Crippen molar-refractivity contribution in [1.29, 1.82) is 0 Å². The third-order valence-electron chi connectivity index (χ3n) is 3.51. The maximum Gasteiger partial charge on any atom is 0.242 e. The first-order valence-electron chi connectivity index (χ1n) is 6.96. The quantitative estimate of drug-likeness (QED) is 0.856. The summed E-state index contributed by atoms with van der Waals surface area (Å²) in [7, 11) is -1.52. The molecule has 1 atom stereocenters. The van der Waals surface area contributed by atoms with Crippen molar-refractivity contribution < 1.29 is 8.42 Å². The van der Waals surface area contributed by atoms with Gasteiger partial charge in [-0.3, -0.25) is 0 Å². The van der Waals surface area contributed by atoms with Crippen LogP contribution in [0.2, 0.25) is 0 Å². The highest BCUT2D eigenvalue weighted by molar-refractivity contribution is 7.89. The minimum absolute atomic E-state index is 0.119. The summed E-state index contributed by atoms with van der Waals surface area (Å²) in [6, 6.07) is 7.39. The summed E-state index contributed by atoms with van der Waals surface area (Å²) >= 11 is 0. The van der Waals surface area contributed by atoms with Gasteiger partial charge in [0.05, 0.1) is 5.69 Å². The Balaban J connectivity index is 2.35. The molecule has 1 saturated heterocycles. The van der Waals surface area contributed by atoms with Gasteiger partial charge < -0.3 is 10.2 Å². The number of benzene rings is 1. The van der Waals surface area contributed by atoms with E-state index in [-0.39, 0.29) is 6.04 Å². The number of sulfonamides is 1. The van der Waals surface area contributed by atoms with Gasteiger partial charge in [0.2, 0.25) is 10.0 Å². The van der Waals surface area contributed by atoms with Crippen molar-refractivity contribution in [2.75, 3.05) is 25.0 Å². The van der Waals surface area contributed by atoms with E-state index in [0.717, 1.165) is 25.2 Å². The van der Waals surface area contributed by atoms with Crippen LogP contribution in [0.4, 0.5) is 5.69 Å². The zero-order valence-corrected chi connectivity index (χ0v) is 13.1. The van der Waals surface area contributed by atoms with E-state index < -0.39 is 10.0 Å². The van der Waals surface area contributed by atoms with Crippen molar-refractivity contribution in [2.45, 2.75) is 37.2 Å². The molecule has 0 aromatic heterocycles. The normalized spacial score (nSPS) is 19.5. The van der Waals surface area contributed by atoms with Crippen LogP contribution in [0.3, 0.4) is 0 Å². The van der Waals surface area contributed by atoms with Crippen LogP contribution in [0.15, 0.2) is 29.2 Å². The third kappa shape index (κ3) is 3.31. The molecule has 1 aromatic carbocycles. The summed E-state index contributed by atoms with van der Waals surface area (Å²) in [4.78, 5) is 2.41. The molecule has 5 nitrogen and oxygen atoms in total. The maximum atomic E-state index is 12.4. The average Bonchev–Trinajstić information content (AvgIpc) is 2.90. The molecule has 0 spiro atoms. The van der Waals surface area contributed by atoms with Gasteiger partial charge in [0.25, 0.3) is 0 Å². The second kappa shape index (κ2) is 6.11. The highest BCUT2D eigenvalue weighted by atomic mass is 32.2. The van der Waals surface area contributed by atoms with Crippen molar-refractivity contribution in [2.24, 2.45) is 0 Å². The lowest BCUT2D eigenvalue weighted by Gasteiger charge is -2.28. The topological polar surface area (TPSA) is 61.4 Å². The lowest BCUT2D eigenvalue weighted by atomic mass is 10.2. The Bertz CT molecular complexity index is 551. The highest BCUT2D eigenvalue weighted by Crippen LogP contribution is 2.27. The van der Waals surface area contributed by atoms with Crippen molar-refractivity contribution in [3.05, 3.63) is 24.3 Å². The Kier molecular flexibility index (Phi) is 4.67. The Morgan fingerprint density at radius 3 is 2.65 bits per heavy atom. The van der Waals surface area contributed by atoms with E-state index in [1.165, 1.54) is 0 Å². The van der Waals surface area contributed by atoms with E-state index in [2.05, 4.69) is 14.9 Å². The third-order valence-corrected chi connectivity index (χ3v) is 5.21. The predicted molar refractivity (Wildman–Crippen MR) is 81.6 cm³/mol. The van der Waals surface area contributed by atoms with Crippen LogP contribution >= 0.6 is 0 Å². The van der Waals surface area contributed by atoms with E-state index in [0.29, 0.717) is 10.9 Å². The predicted octanol–water partition coefficient (Wildman–Crippen LogP) is 1.17. The summed E-state index contributed by atoms with van der Waals surface area (Å²) in [6.45, 7) is 5.52. The number of rotatable bonds is 5. The molecule has 112 valence electrons. The number of nitrogens with zero attached hydrogens (tertiary/aromatic N) is 1. The van der Waals surface area contributed by atoms with Gasteiger partial charge in [-0.2, -0.15) is 0 Å². The molecule has 1 fully saturated rings. The molecular formula is C14H23N3O2S. The molecule has 0 amide bonds. The van der Waals surface area contributed by atoms with Crippen molar-refractivity contribution in [3.8, 4) is 0 Å². The summed E-state index contributed by atoms with van der Waals surface area (Å²) in [5.74, 6) is 0. The van der Waals surface area contributed by atoms with Crippen LogP contribution in [0, 0.1) is 0 Å². The highest BCUT2D eigenvalue weighted by Gasteiger charge is 2.25. The molecule has 0 radical (unpaired) electrons. The first kappa shape index (κ1) is 15.3. The smallest absolute Gasteiger partial charge is 0.242 e. The zero-order valence-electron chi connectivity index (χ0n) is 12.3. The molecule has 6 heteroatoms. The fourth-order valence-electron chi connectivity index (χ4n) is 2.52. The molecule has 2 N–H and O–H groups in total. The molecule has 2 rings (SSSR count). The molecular weight excluding hydrogens is 274 g/mol. The number of para-hydroxylation sites is 1. The number of hydrogen-bond donors (Lipinski definition) is 2. The van der Waals surface area contributed by atoms with E-state index in [1.54, 1.807) is 12.1 Å². The monoisotopic (exact) mass is 297 g/mol. The Labute approximate surface area is 121 Å². The average molecular weight is 297 g/mol. The summed E-state index contributed by atoms with van der Waals surface area (Å²) in [5.41, 5.74) is 0.759. The molecule has 0 aliphatic carbocycles. The minimum Gasteiger partial charge on any atom is -0.369 e. The van der Waals surface area contributed by atoms with E-state index in [9.17, 15) is 8.42 Å². The standard InChI is InChI=1S/C14H23N3O2S/c1-11(2)16-20(18,19)14-7-5-4-6-13(14)17(3)12-8-9-15-10-12/h4-7,11-12,15-16H,8-10H2,1-3H3. The molecule has 1 heterocycles. The summed E-state index contributed by atoms with van der Waals surface area (Å²) < 4.78 is 27.5. The molecule has 1 aliphatic heterocycles. The lowest BCUT2D eigenvalue weighted by molar-refractivity contribution is 0.569. The van der Waals surface area contributed by atoms with Crippen LogP contribution in [-0.4, -0.2) is 40.6 Å². The number of hydrogen-bond acceptors (Lipinski definition) is 4. The van der Waals surface area contributed by atoms with Gasteiger partial charge in [-0.25, -0.2) is 13.1 Å². The Morgan fingerprint density at radius 1 is 1.35 bits per heavy atom. The zero-order chi connectivity index (χ0) is 14.8.